The summed E-state index contributed by atoms with van der Waals surface area (Å²) in [6, 6.07) is 18.6. The lowest BCUT2D eigenvalue weighted by Crippen LogP contribution is -2.24. The van der Waals surface area contributed by atoms with Gasteiger partial charge < -0.3 is 16.0 Å². The van der Waals surface area contributed by atoms with Crippen molar-refractivity contribution in [2.24, 2.45) is 0 Å². The Bertz CT molecular complexity index is 1300. The number of anilines is 3. The van der Waals surface area contributed by atoms with E-state index in [-0.39, 0.29) is 23.3 Å². The predicted octanol–water partition coefficient (Wildman–Crippen LogP) is 6.82. The molecule has 37 heavy (non-hydrogen) atoms. The maximum Gasteiger partial charge on any atom is 0.266 e. The molecule has 9 heteroatoms. The molecule has 0 saturated heterocycles. The van der Waals surface area contributed by atoms with Gasteiger partial charge in [0.1, 0.15) is 11.1 Å². The van der Waals surface area contributed by atoms with Gasteiger partial charge in [-0.3, -0.25) is 14.4 Å². The summed E-state index contributed by atoms with van der Waals surface area (Å²) in [5.74, 6) is -0.611. The van der Waals surface area contributed by atoms with Crippen molar-refractivity contribution in [3.8, 4) is 6.07 Å². The van der Waals surface area contributed by atoms with E-state index in [1.165, 1.54) is 11.8 Å². The molecule has 192 valence electrons. The average Bonchev–Trinajstić information content (AvgIpc) is 3.21. The number of unbranched alkanes of at least 4 members (excludes halogenated alkanes) is 1. The van der Waals surface area contributed by atoms with Gasteiger partial charge >= 0.3 is 0 Å². The molecule has 1 unspecified atom stereocenters. The van der Waals surface area contributed by atoms with Crippen LogP contribution in [0.1, 0.15) is 60.3 Å². The highest BCUT2D eigenvalue weighted by molar-refractivity contribution is 8.00. The maximum absolute atomic E-state index is 13.2. The minimum atomic E-state index is -0.429. The normalized spacial score (nSPS) is 11.3. The van der Waals surface area contributed by atoms with Crippen LogP contribution in [0, 0.1) is 18.3 Å². The topological polar surface area (TPSA) is 111 Å². The van der Waals surface area contributed by atoms with Crippen LogP contribution in [0.3, 0.4) is 0 Å². The number of thiophene rings is 1. The Balaban J connectivity index is 1.71. The maximum atomic E-state index is 13.2. The summed E-state index contributed by atoms with van der Waals surface area (Å²) in [7, 11) is 0. The van der Waals surface area contributed by atoms with Crippen molar-refractivity contribution >= 4 is 57.2 Å². The van der Waals surface area contributed by atoms with Crippen LogP contribution in [-0.2, 0) is 9.59 Å². The van der Waals surface area contributed by atoms with Crippen molar-refractivity contribution in [1.29, 1.82) is 5.26 Å². The molecule has 0 aliphatic heterocycles. The summed E-state index contributed by atoms with van der Waals surface area (Å²) in [6.45, 7) is 5.66. The zero-order valence-corrected chi connectivity index (χ0v) is 22.7. The monoisotopic (exact) mass is 534 g/mol. The van der Waals surface area contributed by atoms with E-state index in [0.717, 1.165) is 29.1 Å². The van der Waals surface area contributed by atoms with E-state index < -0.39 is 5.25 Å². The van der Waals surface area contributed by atoms with E-state index in [2.05, 4.69) is 22.0 Å². The number of para-hydroxylation sites is 1. The summed E-state index contributed by atoms with van der Waals surface area (Å²) in [4.78, 5) is 39.3. The fourth-order valence-electron chi connectivity index (χ4n) is 3.55. The number of carbonyl (C=O) groups is 3. The Hall–Kier alpha value is -3.61. The van der Waals surface area contributed by atoms with Gasteiger partial charge in [0.2, 0.25) is 11.8 Å². The lowest BCUT2D eigenvalue weighted by Gasteiger charge is -2.15. The number of benzene rings is 2. The van der Waals surface area contributed by atoms with Crippen molar-refractivity contribution in [2.45, 2.75) is 56.6 Å². The summed E-state index contributed by atoms with van der Waals surface area (Å²) in [5, 5.41) is 18.3. The van der Waals surface area contributed by atoms with Gasteiger partial charge in [0.05, 0.1) is 15.7 Å². The van der Waals surface area contributed by atoms with Gasteiger partial charge in [-0.1, -0.05) is 44.5 Å². The van der Waals surface area contributed by atoms with Crippen LogP contribution in [0.4, 0.5) is 16.4 Å². The summed E-state index contributed by atoms with van der Waals surface area (Å²) >= 11 is 2.48. The fourth-order valence-corrected chi connectivity index (χ4v) is 5.62. The van der Waals surface area contributed by atoms with Crippen LogP contribution in [-0.4, -0.2) is 23.0 Å². The highest BCUT2D eigenvalue weighted by atomic mass is 32.2. The quantitative estimate of drug-likeness (QED) is 0.234. The molecule has 0 aliphatic rings. The van der Waals surface area contributed by atoms with Crippen LogP contribution in [0.2, 0.25) is 0 Å². The van der Waals surface area contributed by atoms with Crippen molar-refractivity contribution in [2.75, 3.05) is 16.0 Å². The van der Waals surface area contributed by atoms with E-state index in [1.807, 2.05) is 56.3 Å². The molecule has 7 nitrogen and oxygen atoms in total. The minimum absolute atomic E-state index is 0.0296. The zero-order valence-electron chi connectivity index (χ0n) is 21.1. The molecule has 0 aliphatic carbocycles. The molecule has 3 rings (SSSR count). The zero-order chi connectivity index (χ0) is 26.8. The molecule has 3 N–H and O–H groups in total. The van der Waals surface area contributed by atoms with Gasteiger partial charge in [-0.25, -0.2) is 0 Å². The van der Waals surface area contributed by atoms with Crippen LogP contribution in [0.15, 0.2) is 59.5 Å². The van der Waals surface area contributed by atoms with Crippen molar-refractivity contribution in [3.63, 3.8) is 0 Å². The number of rotatable bonds is 11. The first-order valence-corrected chi connectivity index (χ1v) is 13.8. The summed E-state index contributed by atoms with van der Waals surface area (Å²) < 4.78 is 0. The number of thioether (sulfide) groups is 1. The number of nitrogens with zero attached hydrogens (tertiary/aromatic N) is 1. The van der Waals surface area contributed by atoms with E-state index >= 15 is 0 Å². The van der Waals surface area contributed by atoms with Crippen molar-refractivity contribution in [1.82, 2.24) is 0 Å². The summed E-state index contributed by atoms with van der Waals surface area (Å²) in [5.41, 5.74) is 2.16. The Labute approximate surface area is 225 Å². The second kappa shape index (κ2) is 13.6. The molecule has 1 heterocycles. The highest BCUT2D eigenvalue weighted by Gasteiger charge is 2.25. The number of amides is 3. The van der Waals surface area contributed by atoms with E-state index in [4.69, 9.17) is 0 Å². The predicted molar refractivity (Wildman–Crippen MR) is 151 cm³/mol. The Morgan fingerprint density at radius 2 is 1.73 bits per heavy atom. The minimum Gasteiger partial charge on any atom is -0.326 e. The number of nitrogens with one attached hydrogen (secondary N) is 3. The standard InChI is InChI=1S/C28H30N4O3S2/c1-4-6-15-24(33)30-20-13-10-14-21(16-20)36-23(5-2)26(34)32-28-22(17-29)18(3)25(37-28)27(35)31-19-11-8-7-9-12-19/h7-14,16,23H,4-6,15H2,1-3H3,(H,30,33)(H,31,35)(H,32,34). The number of hydrogen-bond acceptors (Lipinski definition) is 6. The molecule has 0 spiro atoms. The lowest BCUT2D eigenvalue weighted by atomic mass is 10.1. The van der Waals surface area contributed by atoms with Crippen LogP contribution >= 0.6 is 23.1 Å². The Morgan fingerprint density at radius 3 is 2.41 bits per heavy atom. The van der Waals surface area contributed by atoms with Crippen LogP contribution < -0.4 is 16.0 Å². The first-order valence-electron chi connectivity index (χ1n) is 12.1. The number of nitriles is 1. The van der Waals surface area contributed by atoms with Gasteiger partial charge in [0, 0.05) is 22.7 Å². The van der Waals surface area contributed by atoms with Gasteiger partial charge in [0.25, 0.3) is 5.91 Å². The highest BCUT2D eigenvalue weighted by Crippen LogP contribution is 2.35. The molecule has 0 bridgehead atoms. The lowest BCUT2D eigenvalue weighted by molar-refractivity contribution is -0.116. The number of carbonyl (C=O) groups excluding carboxylic acids is 3. The van der Waals surface area contributed by atoms with E-state index in [1.54, 1.807) is 19.1 Å². The third kappa shape index (κ3) is 7.68. The van der Waals surface area contributed by atoms with Crippen molar-refractivity contribution < 1.29 is 14.4 Å². The Kier molecular flexibility index (Phi) is 10.3. The molecule has 3 amide bonds. The molecular formula is C28H30N4O3S2. The average molecular weight is 535 g/mol. The Morgan fingerprint density at radius 1 is 1.00 bits per heavy atom. The van der Waals surface area contributed by atoms with E-state index in [0.29, 0.717) is 39.7 Å². The van der Waals surface area contributed by atoms with E-state index in [9.17, 15) is 19.6 Å². The van der Waals surface area contributed by atoms with Crippen LogP contribution in [0.25, 0.3) is 0 Å². The van der Waals surface area contributed by atoms with Crippen LogP contribution in [0.5, 0.6) is 0 Å². The number of hydrogen-bond donors (Lipinski definition) is 3. The first-order chi connectivity index (χ1) is 17.9. The molecule has 0 saturated carbocycles. The van der Waals surface area contributed by atoms with Gasteiger partial charge in [0.15, 0.2) is 0 Å². The smallest absolute Gasteiger partial charge is 0.266 e. The van der Waals surface area contributed by atoms with Gasteiger partial charge in [-0.15, -0.1) is 23.1 Å². The second-order valence-corrected chi connectivity index (χ2v) is 10.7. The molecule has 1 atom stereocenters. The SMILES string of the molecule is CCCCC(=O)Nc1cccc(SC(CC)C(=O)Nc2sc(C(=O)Nc3ccccc3)c(C)c2C#N)c1. The molecule has 2 aromatic carbocycles. The fraction of sp³-hybridized carbons (Fsp3) is 0.286. The van der Waals surface area contributed by atoms with Gasteiger partial charge in [-0.05, 0) is 55.7 Å². The summed E-state index contributed by atoms with van der Waals surface area (Å²) in [6.07, 6.45) is 2.81. The van der Waals surface area contributed by atoms with Gasteiger partial charge in [-0.2, -0.15) is 5.26 Å². The largest absolute Gasteiger partial charge is 0.326 e. The molecule has 3 aromatic rings. The molecule has 0 radical (unpaired) electrons. The first kappa shape index (κ1) is 28.0. The molecule has 1 aromatic heterocycles. The third-order valence-electron chi connectivity index (χ3n) is 5.55. The molecule has 0 fully saturated rings. The second-order valence-electron chi connectivity index (χ2n) is 8.38. The van der Waals surface area contributed by atoms with Crippen molar-refractivity contribution in [3.05, 3.63) is 70.6 Å². The third-order valence-corrected chi connectivity index (χ3v) is 8.11. The molecular weight excluding hydrogens is 504 g/mol.